The van der Waals surface area contributed by atoms with Gasteiger partial charge in [0, 0.05) is 6.20 Å². The Hall–Kier alpha value is -2.95. The van der Waals surface area contributed by atoms with E-state index < -0.39 is 11.6 Å². The molecule has 28 heavy (non-hydrogen) atoms. The molecule has 1 aliphatic carbocycles. The summed E-state index contributed by atoms with van der Waals surface area (Å²) in [7, 11) is 0. The maximum atomic E-state index is 14.5. The molecule has 0 bridgehead atoms. The van der Waals surface area contributed by atoms with E-state index in [4.69, 9.17) is 0 Å². The van der Waals surface area contributed by atoms with Crippen LogP contribution >= 0.6 is 0 Å². The number of fused-ring (bicyclic) bond motifs is 5. The van der Waals surface area contributed by atoms with E-state index in [1.54, 1.807) is 6.07 Å². The van der Waals surface area contributed by atoms with Crippen molar-refractivity contribution in [3.05, 3.63) is 83.7 Å². The van der Waals surface area contributed by atoms with Gasteiger partial charge in [-0.3, -0.25) is 0 Å². The first-order valence-corrected chi connectivity index (χ1v) is 9.31. The van der Waals surface area contributed by atoms with Gasteiger partial charge in [0.1, 0.15) is 5.41 Å². The van der Waals surface area contributed by atoms with Gasteiger partial charge in [-0.2, -0.15) is 23.4 Å². The molecule has 5 heteroatoms. The number of halogens is 3. The zero-order valence-electron chi connectivity index (χ0n) is 15.0. The lowest BCUT2D eigenvalue weighted by molar-refractivity contribution is -0.183. The van der Waals surface area contributed by atoms with Crippen LogP contribution in [0.25, 0.3) is 21.5 Å². The van der Waals surface area contributed by atoms with Crippen molar-refractivity contribution < 1.29 is 13.2 Å². The first-order valence-electron chi connectivity index (χ1n) is 9.31. The summed E-state index contributed by atoms with van der Waals surface area (Å²) >= 11 is 0. The monoisotopic (exact) mass is 378 g/mol. The fourth-order valence-corrected chi connectivity index (χ4v) is 4.72. The SMILES string of the molecule is FC(F)(F)C1(c2cccnn2)CCCc2c1ccc1c2ccc2ccccc21. The lowest BCUT2D eigenvalue weighted by Gasteiger charge is -2.40. The third-order valence-corrected chi connectivity index (χ3v) is 5.97. The summed E-state index contributed by atoms with van der Waals surface area (Å²) < 4.78 is 43.6. The van der Waals surface area contributed by atoms with E-state index in [0.717, 1.165) is 27.1 Å². The number of alkyl halides is 3. The minimum absolute atomic E-state index is 0.0126. The van der Waals surface area contributed by atoms with Gasteiger partial charge in [0.2, 0.25) is 0 Å². The Kier molecular flexibility index (Phi) is 3.69. The molecule has 0 saturated carbocycles. The van der Waals surface area contributed by atoms with Gasteiger partial charge in [0.05, 0.1) is 5.69 Å². The number of nitrogens with zero attached hydrogens (tertiary/aromatic N) is 2. The fraction of sp³-hybridized carbons (Fsp3) is 0.217. The zero-order chi connectivity index (χ0) is 19.4. The van der Waals surface area contributed by atoms with Crippen molar-refractivity contribution in [3.63, 3.8) is 0 Å². The molecule has 140 valence electrons. The second-order valence-electron chi connectivity index (χ2n) is 7.34. The molecule has 0 radical (unpaired) electrons. The third kappa shape index (κ3) is 2.28. The van der Waals surface area contributed by atoms with Crippen LogP contribution in [-0.2, 0) is 11.8 Å². The topological polar surface area (TPSA) is 25.8 Å². The quantitative estimate of drug-likeness (QED) is 0.382. The smallest absolute Gasteiger partial charge is 0.170 e. The molecule has 1 unspecified atom stereocenters. The molecule has 0 saturated heterocycles. The summed E-state index contributed by atoms with van der Waals surface area (Å²) in [6.07, 6.45) is -1.98. The van der Waals surface area contributed by atoms with E-state index in [1.807, 2.05) is 42.5 Å². The van der Waals surface area contributed by atoms with Crippen LogP contribution in [0.15, 0.2) is 66.9 Å². The predicted molar refractivity (Wildman–Crippen MR) is 103 cm³/mol. The largest absolute Gasteiger partial charge is 0.403 e. The molecule has 0 spiro atoms. The van der Waals surface area contributed by atoms with Gasteiger partial charge in [-0.1, -0.05) is 48.5 Å². The Morgan fingerprint density at radius 3 is 2.43 bits per heavy atom. The number of benzene rings is 3. The Bertz CT molecular complexity index is 1190. The Morgan fingerprint density at radius 2 is 1.64 bits per heavy atom. The van der Waals surface area contributed by atoms with Crippen LogP contribution in [-0.4, -0.2) is 16.4 Å². The van der Waals surface area contributed by atoms with E-state index in [9.17, 15) is 13.2 Å². The third-order valence-electron chi connectivity index (χ3n) is 5.97. The van der Waals surface area contributed by atoms with E-state index in [0.29, 0.717) is 18.4 Å². The molecular formula is C23H17F3N2. The summed E-state index contributed by atoms with van der Waals surface area (Å²) in [4.78, 5) is 0. The number of hydrogen-bond acceptors (Lipinski definition) is 2. The van der Waals surface area contributed by atoms with Gasteiger partial charge in [0.25, 0.3) is 0 Å². The summed E-state index contributed by atoms with van der Waals surface area (Å²) in [5, 5.41) is 11.7. The van der Waals surface area contributed by atoms with E-state index >= 15 is 0 Å². The van der Waals surface area contributed by atoms with Gasteiger partial charge < -0.3 is 0 Å². The van der Waals surface area contributed by atoms with Crippen molar-refractivity contribution in [2.75, 3.05) is 0 Å². The molecule has 5 rings (SSSR count). The summed E-state index contributed by atoms with van der Waals surface area (Å²) in [5.41, 5.74) is -1.05. The predicted octanol–water partition coefficient (Wildman–Crippen LogP) is 5.97. The molecule has 1 heterocycles. The van der Waals surface area contributed by atoms with Crippen LogP contribution in [0.4, 0.5) is 13.2 Å². The highest BCUT2D eigenvalue weighted by Crippen LogP contribution is 2.53. The zero-order valence-corrected chi connectivity index (χ0v) is 15.0. The van der Waals surface area contributed by atoms with Crippen molar-refractivity contribution in [1.82, 2.24) is 10.2 Å². The van der Waals surface area contributed by atoms with Crippen molar-refractivity contribution in [3.8, 4) is 0 Å². The molecule has 1 atom stereocenters. The first-order chi connectivity index (χ1) is 13.5. The van der Waals surface area contributed by atoms with Crippen LogP contribution in [0.1, 0.15) is 29.7 Å². The van der Waals surface area contributed by atoms with Crippen LogP contribution in [0.5, 0.6) is 0 Å². The van der Waals surface area contributed by atoms with Gasteiger partial charge in [0.15, 0.2) is 0 Å². The first kappa shape index (κ1) is 17.2. The number of hydrogen-bond donors (Lipinski definition) is 0. The standard InChI is InChI=1S/C23H17F3N2/c24-23(25,26)22(21-8-4-14-27-28-21)13-3-7-19-18-10-9-15-5-1-2-6-16(15)17(18)11-12-20(19)22/h1-2,4-6,8-12,14H,3,7,13H2. The average molecular weight is 378 g/mol. The lowest BCUT2D eigenvalue weighted by atomic mass is 9.66. The summed E-state index contributed by atoms with van der Waals surface area (Å²) in [6, 6.07) is 18.4. The molecule has 4 aromatic rings. The molecular weight excluding hydrogens is 361 g/mol. The molecule has 0 amide bonds. The van der Waals surface area contributed by atoms with Crippen molar-refractivity contribution in [2.45, 2.75) is 30.9 Å². The number of aryl methyl sites for hydroxylation is 1. The van der Waals surface area contributed by atoms with Crippen molar-refractivity contribution in [2.24, 2.45) is 0 Å². The van der Waals surface area contributed by atoms with E-state index in [1.165, 1.54) is 18.3 Å². The fourth-order valence-electron chi connectivity index (χ4n) is 4.72. The molecule has 0 fully saturated rings. The molecule has 3 aromatic carbocycles. The van der Waals surface area contributed by atoms with Gasteiger partial charge in [-0.05, 0) is 64.1 Å². The maximum absolute atomic E-state index is 14.5. The molecule has 1 aromatic heterocycles. The minimum atomic E-state index is -4.46. The second-order valence-corrected chi connectivity index (χ2v) is 7.34. The maximum Gasteiger partial charge on any atom is 0.403 e. The highest BCUT2D eigenvalue weighted by molar-refractivity contribution is 6.08. The summed E-state index contributed by atoms with van der Waals surface area (Å²) in [5.74, 6) is 0. The number of rotatable bonds is 1. The van der Waals surface area contributed by atoms with Crippen LogP contribution in [0.2, 0.25) is 0 Å². The Labute approximate surface area is 160 Å². The number of aromatic nitrogens is 2. The molecule has 1 aliphatic rings. The van der Waals surface area contributed by atoms with E-state index in [-0.39, 0.29) is 12.1 Å². The average Bonchev–Trinajstić information content (AvgIpc) is 2.72. The normalized spacial score (nSPS) is 19.7. The van der Waals surface area contributed by atoms with Crippen molar-refractivity contribution in [1.29, 1.82) is 0 Å². The minimum Gasteiger partial charge on any atom is -0.170 e. The lowest BCUT2D eigenvalue weighted by Crippen LogP contribution is -2.46. The highest BCUT2D eigenvalue weighted by Gasteiger charge is 2.59. The van der Waals surface area contributed by atoms with Gasteiger partial charge in [-0.15, -0.1) is 0 Å². The van der Waals surface area contributed by atoms with Gasteiger partial charge in [-0.25, -0.2) is 0 Å². The Morgan fingerprint density at radius 1 is 0.821 bits per heavy atom. The second kappa shape index (κ2) is 6.03. The van der Waals surface area contributed by atoms with Crippen LogP contribution in [0, 0.1) is 0 Å². The van der Waals surface area contributed by atoms with E-state index in [2.05, 4.69) is 10.2 Å². The highest BCUT2D eigenvalue weighted by atomic mass is 19.4. The van der Waals surface area contributed by atoms with Crippen LogP contribution < -0.4 is 0 Å². The van der Waals surface area contributed by atoms with Crippen molar-refractivity contribution >= 4 is 21.5 Å². The summed E-state index contributed by atoms with van der Waals surface area (Å²) in [6.45, 7) is 0. The molecule has 0 N–H and O–H groups in total. The van der Waals surface area contributed by atoms with Gasteiger partial charge >= 0.3 is 6.18 Å². The Balaban J connectivity index is 1.87. The molecule has 2 nitrogen and oxygen atoms in total. The molecule has 0 aliphatic heterocycles. The van der Waals surface area contributed by atoms with Crippen LogP contribution in [0.3, 0.4) is 0 Å².